The highest BCUT2D eigenvalue weighted by atomic mass is 35.5. The molecule has 1 fully saturated rings. The maximum absolute atomic E-state index is 12.6. The molecule has 1 heterocycles. The summed E-state index contributed by atoms with van der Waals surface area (Å²) in [4.78, 5) is 28.8. The van der Waals surface area contributed by atoms with Crippen molar-refractivity contribution in [3.05, 3.63) is 59.9 Å². The lowest BCUT2D eigenvalue weighted by Crippen LogP contribution is -2.44. The van der Waals surface area contributed by atoms with Crippen LogP contribution in [-0.4, -0.2) is 29.4 Å². The van der Waals surface area contributed by atoms with E-state index in [9.17, 15) is 9.59 Å². The van der Waals surface area contributed by atoms with Crippen LogP contribution in [0.2, 0.25) is 0 Å². The average molecular weight is 425 g/mol. The smallest absolute Gasteiger partial charge is 0.257 e. The summed E-state index contributed by atoms with van der Waals surface area (Å²) in [6.45, 7) is 0.589. The van der Waals surface area contributed by atoms with Crippen molar-refractivity contribution in [2.24, 2.45) is 11.7 Å². The minimum absolute atomic E-state index is 0. The van der Waals surface area contributed by atoms with Crippen LogP contribution in [0.4, 0.5) is 5.69 Å². The summed E-state index contributed by atoms with van der Waals surface area (Å²) >= 11 is 0. The molecular formula is C20H26Cl2N4O2. The Labute approximate surface area is 177 Å². The number of rotatable bonds is 5. The SMILES string of the molecule is Cl.Cl.NCC1CCCCC1NC(=O)c1cccc(NC(=O)c2cccnc2)c1. The van der Waals surface area contributed by atoms with E-state index in [1.807, 2.05) is 0 Å². The Kier molecular flexibility index (Phi) is 9.93. The molecular weight excluding hydrogens is 399 g/mol. The highest BCUT2D eigenvalue weighted by molar-refractivity contribution is 6.04. The largest absolute Gasteiger partial charge is 0.349 e. The van der Waals surface area contributed by atoms with Crippen LogP contribution in [0.5, 0.6) is 0 Å². The molecule has 152 valence electrons. The summed E-state index contributed by atoms with van der Waals surface area (Å²) in [6, 6.07) is 10.5. The third kappa shape index (κ3) is 6.19. The first-order valence-corrected chi connectivity index (χ1v) is 9.00. The summed E-state index contributed by atoms with van der Waals surface area (Å²) < 4.78 is 0. The zero-order valence-corrected chi connectivity index (χ0v) is 17.1. The van der Waals surface area contributed by atoms with E-state index in [0.717, 1.165) is 19.3 Å². The van der Waals surface area contributed by atoms with Crippen LogP contribution in [0.25, 0.3) is 0 Å². The molecule has 2 atom stereocenters. The number of hydrogen-bond donors (Lipinski definition) is 3. The summed E-state index contributed by atoms with van der Waals surface area (Å²) in [6.07, 6.45) is 7.42. The number of amides is 2. The molecule has 1 aliphatic carbocycles. The number of aromatic nitrogens is 1. The molecule has 0 radical (unpaired) electrons. The molecule has 0 bridgehead atoms. The summed E-state index contributed by atoms with van der Waals surface area (Å²) in [5, 5.41) is 5.90. The first-order valence-electron chi connectivity index (χ1n) is 9.00. The van der Waals surface area contributed by atoms with Gasteiger partial charge in [0.25, 0.3) is 11.8 Å². The Hall–Kier alpha value is -2.15. The van der Waals surface area contributed by atoms with Crippen LogP contribution in [0, 0.1) is 5.92 Å². The number of benzene rings is 1. The molecule has 8 heteroatoms. The predicted molar refractivity (Wildman–Crippen MR) is 115 cm³/mol. The fourth-order valence-corrected chi connectivity index (χ4v) is 3.37. The van der Waals surface area contributed by atoms with Crippen molar-refractivity contribution >= 4 is 42.3 Å². The van der Waals surface area contributed by atoms with Crippen LogP contribution >= 0.6 is 24.8 Å². The van der Waals surface area contributed by atoms with Gasteiger partial charge in [-0.15, -0.1) is 24.8 Å². The van der Waals surface area contributed by atoms with Crippen LogP contribution in [0.1, 0.15) is 46.4 Å². The lowest BCUT2D eigenvalue weighted by atomic mass is 9.84. The number of carbonyl (C=O) groups is 2. The Balaban J connectivity index is 0.00000196. The molecule has 1 aromatic carbocycles. The molecule has 0 aliphatic heterocycles. The fraction of sp³-hybridized carbons (Fsp3) is 0.350. The molecule has 1 aromatic heterocycles. The highest BCUT2D eigenvalue weighted by Crippen LogP contribution is 2.24. The highest BCUT2D eigenvalue weighted by Gasteiger charge is 2.25. The minimum Gasteiger partial charge on any atom is -0.349 e. The summed E-state index contributed by atoms with van der Waals surface area (Å²) in [5.41, 5.74) is 7.40. The van der Waals surface area contributed by atoms with Crippen molar-refractivity contribution in [3.8, 4) is 0 Å². The molecule has 2 amide bonds. The number of halogens is 2. The Bertz CT molecular complexity index is 774. The molecule has 6 nitrogen and oxygen atoms in total. The summed E-state index contributed by atoms with van der Waals surface area (Å²) in [7, 11) is 0. The molecule has 3 rings (SSSR count). The van der Waals surface area contributed by atoms with E-state index in [1.54, 1.807) is 42.6 Å². The van der Waals surface area contributed by atoms with E-state index in [-0.39, 0.29) is 42.7 Å². The van der Waals surface area contributed by atoms with Crippen molar-refractivity contribution in [2.45, 2.75) is 31.7 Å². The topological polar surface area (TPSA) is 97.1 Å². The Morgan fingerprint density at radius 3 is 2.50 bits per heavy atom. The van der Waals surface area contributed by atoms with Gasteiger partial charge in [-0.3, -0.25) is 14.6 Å². The Morgan fingerprint density at radius 2 is 1.79 bits per heavy atom. The van der Waals surface area contributed by atoms with Gasteiger partial charge in [0, 0.05) is 29.7 Å². The van der Waals surface area contributed by atoms with E-state index in [4.69, 9.17) is 5.73 Å². The number of hydrogen-bond acceptors (Lipinski definition) is 4. The van der Waals surface area contributed by atoms with Crippen LogP contribution in [0.15, 0.2) is 48.8 Å². The van der Waals surface area contributed by atoms with Gasteiger partial charge in [-0.05, 0) is 55.6 Å². The van der Waals surface area contributed by atoms with Gasteiger partial charge >= 0.3 is 0 Å². The van der Waals surface area contributed by atoms with Gasteiger partial charge in [0.15, 0.2) is 0 Å². The van der Waals surface area contributed by atoms with Gasteiger partial charge < -0.3 is 16.4 Å². The maximum atomic E-state index is 12.6. The second-order valence-electron chi connectivity index (χ2n) is 6.64. The molecule has 1 saturated carbocycles. The van der Waals surface area contributed by atoms with Gasteiger partial charge in [-0.2, -0.15) is 0 Å². The van der Waals surface area contributed by atoms with Crippen molar-refractivity contribution in [2.75, 3.05) is 11.9 Å². The van der Waals surface area contributed by atoms with E-state index in [0.29, 0.717) is 29.3 Å². The van der Waals surface area contributed by atoms with Gasteiger partial charge in [-0.25, -0.2) is 0 Å². The molecule has 0 saturated heterocycles. The van der Waals surface area contributed by atoms with E-state index in [1.165, 1.54) is 12.6 Å². The van der Waals surface area contributed by atoms with Crippen LogP contribution < -0.4 is 16.4 Å². The first kappa shape index (κ1) is 23.9. The standard InChI is InChI=1S/C20H24N4O2.2ClH/c21-12-15-5-1-2-9-18(15)24-19(25)14-6-3-8-17(11-14)23-20(26)16-7-4-10-22-13-16;;/h3-4,6-8,10-11,13,15,18H,1-2,5,9,12,21H2,(H,23,26)(H,24,25);2*1H. The normalized spacial score (nSPS) is 18.2. The van der Waals surface area contributed by atoms with Gasteiger partial charge in [0.2, 0.25) is 0 Å². The molecule has 0 spiro atoms. The third-order valence-electron chi connectivity index (χ3n) is 4.83. The lowest BCUT2D eigenvalue weighted by molar-refractivity contribution is 0.0907. The lowest BCUT2D eigenvalue weighted by Gasteiger charge is -2.31. The number of pyridine rings is 1. The van der Waals surface area contributed by atoms with Gasteiger partial charge in [0.05, 0.1) is 5.56 Å². The summed E-state index contributed by atoms with van der Waals surface area (Å²) in [5.74, 6) is -0.0554. The van der Waals surface area contributed by atoms with E-state index < -0.39 is 0 Å². The quantitative estimate of drug-likeness (QED) is 0.684. The van der Waals surface area contributed by atoms with Crippen molar-refractivity contribution < 1.29 is 9.59 Å². The van der Waals surface area contributed by atoms with Crippen LogP contribution in [0.3, 0.4) is 0 Å². The Morgan fingerprint density at radius 1 is 1.04 bits per heavy atom. The van der Waals surface area contributed by atoms with Crippen molar-refractivity contribution in [1.29, 1.82) is 0 Å². The second kappa shape index (κ2) is 11.6. The zero-order valence-electron chi connectivity index (χ0n) is 15.5. The molecule has 2 unspecified atom stereocenters. The van der Waals surface area contributed by atoms with Gasteiger partial charge in [0.1, 0.15) is 0 Å². The number of carbonyl (C=O) groups excluding carboxylic acids is 2. The second-order valence-corrected chi connectivity index (χ2v) is 6.64. The minimum atomic E-state index is -0.258. The molecule has 4 N–H and O–H groups in total. The number of nitrogens with zero attached hydrogens (tertiary/aromatic N) is 1. The predicted octanol–water partition coefficient (Wildman–Crippen LogP) is 3.42. The van der Waals surface area contributed by atoms with Crippen molar-refractivity contribution in [1.82, 2.24) is 10.3 Å². The van der Waals surface area contributed by atoms with Crippen LogP contribution in [-0.2, 0) is 0 Å². The van der Waals surface area contributed by atoms with E-state index >= 15 is 0 Å². The van der Waals surface area contributed by atoms with Crippen molar-refractivity contribution in [3.63, 3.8) is 0 Å². The number of anilines is 1. The zero-order chi connectivity index (χ0) is 18.4. The molecule has 2 aromatic rings. The number of nitrogens with one attached hydrogen (secondary N) is 2. The maximum Gasteiger partial charge on any atom is 0.257 e. The molecule has 1 aliphatic rings. The fourth-order valence-electron chi connectivity index (χ4n) is 3.37. The monoisotopic (exact) mass is 424 g/mol. The first-order chi connectivity index (χ1) is 12.7. The average Bonchev–Trinajstić information content (AvgIpc) is 2.69. The van der Waals surface area contributed by atoms with E-state index in [2.05, 4.69) is 15.6 Å². The van der Waals surface area contributed by atoms with Gasteiger partial charge in [-0.1, -0.05) is 18.9 Å². The molecule has 28 heavy (non-hydrogen) atoms. The number of nitrogens with two attached hydrogens (primary N) is 1. The third-order valence-corrected chi connectivity index (χ3v) is 4.83.